The summed E-state index contributed by atoms with van der Waals surface area (Å²) in [6, 6.07) is 37.0. The van der Waals surface area contributed by atoms with E-state index in [1.54, 1.807) is 0 Å². The molecule has 0 amide bonds. The highest BCUT2D eigenvalue weighted by Gasteiger charge is 2.55. The van der Waals surface area contributed by atoms with Gasteiger partial charge >= 0.3 is 11.9 Å². The standard InChI is InChI=1S/C45H51N3O12/c1-30(49)56-41-38(47-48-46)44(51-3)58-37(29-53-25-33-18-10-5-11-19-33)40(41)60-45-43(55-27-35-22-14-7-15-23-35)42(57-31(2)50)39(54-26-34-20-12-6-13-21-34)36(59-45)28-52-24-32-16-8-4-9-17-32/h4-23,36-45H,24-29H2,1-3H3/t36-,37-,38-,39-,40+,41-,42+,43-,44+,45-/m1/s1. The number of carbonyl (C=O) groups excluding carboxylic acids is 2. The monoisotopic (exact) mass is 825 g/mol. The summed E-state index contributed by atoms with van der Waals surface area (Å²) in [4.78, 5) is 28.8. The summed E-state index contributed by atoms with van der Waals surface area (Å²) in [7, 11) is 1.38. The van der Waals surface area contributed by atoms with Gasteiger partial charge < -0.3 is 47.4 Å². The van der Waals surface area contributed by atoms with Gasteiger partial charge in [-0.3, -0.25) is 9.59 Å². The Kier molecular flexibility index (Phi) is 17.0. The number of esters is 2. The third kappa shape index (κ3) is 12.7. The highest BCUT2D eigenvalue weighted by Crippen LogP contribution is 2.36. The molecule has 2 heterocycles. The molecule has 0 N–H and O–H groups in total. The van der Waals surface area contributed by atoms with Crippen molar-refractivity contribution in [1.82, 2.24) is 0 Å². The Bertz CT molecular complexity index is 1940. The van der Waals surface area contributed by atoms with Crippen LogP contribution in [-0.2, 0) is 83.4 Å². The van der Waals surface area contributed by atoms with Crippen molar-refractivity contribution in [3.63, 3.8) is 0 Å². The zero-order valence-electron chi connectivity index (χ0n) is 33.8. The number of hydrogen-bond donors (Lipinski definition) is 0. The van der Waals surface area contributed by atoms with Gasteiger partial charge in [-0.25, -0.2) is 0 Å². The third-order valence-electron chi connectivity index (χ3n) is 9.88. The third-order valence-corrected chi connectivity index (χ3v) is 9.88. The van der Waals surface area contributed by atoms with Gasteiger partial charge in [0.15, 0.2) is 18.7 Å². The number of nitrogens with zero attached hydrogens (tertiary/aromatic N) is 3. The Hall–Kier alpha value is -5.19. The molecule has 0 saturated carbocycles. The molecule has 15 heteroatoms. The highest BCUT2D eigenvalue weighted by atomic mass is 16.8. The molecule has 0 aliphatic carbocycles. The van der Waals surface area contributed by atoms with Gasteiger partial charge in [-0.1, -0.05) is 126 Å². The van der Waals surface area contributed by atoms with Crippen LogP contribution in [0.5, 0.6) is 0 Å². The first-order chi connectivity index (χ1) is 29.3. The van der Waals surface area contributed by atoms with Crippen LogP contribution in [0, 0.1) is 0 Å². The molecule has 0 bridgehead atoms. The van der Waals surface area contributed by atoms with Crippen molar-refractivity contribution < 1.29 is 57.0 Å². The summed E-state index contributed by atoms with van der Waals surface area (Å²) >= 11 is 0. The minimum absolute atomic E-state index is 0.0113. The number of hydrogen-bond acceptors (Lipinski definition) is 13. The van der Waals surface area contributed by atoms with E-state index < -0.39 is 73.3 Å². The molecular weight excluding hydrogens is 775 g/mol. The van der Waals surface area contributed by atoms with Crippen LogP contribution < -0.4 is 0 Å². The highest BCUT2D eigenvalue weighted by molar-refractivity contribution is 5.66. The molecule has 0 spiro atoms. The second-order valence-corrected chi connectivity index (χ2v) is 14.3. The summed E-state index contributed by atoms with van der Waals surface area (Å²) in [6.45, 7) is 3.15. The molecule has 318 valence electrons. The van der Waals surface area contributed by atoms with E-state index in [0.29, 0.717) is 0 Å². The van der Waals surface area contributed by atoms with E-state index in [4.69, 9.17) is 47.4 Å². The van der Waals surface area contributed by atoms with Crippen LogP contribution in [0.3, 0.4) is 0 Å². The van der Waals surface area contributed by atoms with E-state index in [1.807, 2.05) is 121 Å². The predicted molar refractivity (Wildman–Crippen MR) is 215 cm³/mol. The van der Waals surface area contributed by atoms with Gasteiger partial charge in [-0.2, -0.15) is 0 Å². The van der Waals surface area contributed by atoms with Gasteiger partial charge in [0.05, 0.1) is 39.6 Å². The smallest absolute Gasteiger partial charge is 0.303 e. The van der Waals surface area contributed by atoms with Crippen LogP contribution >= 0.6 is 0 Å². The molecule has 2 saturated heterocycles. The van der Waals surface area contributed by atoms with E-state index in [9.17, 15) is 15.1 Å². The quantitative estimate of drug-likeness (QED) is 0.0404. The normalized spacial score (nSPS) is 26.4. The maximum atomic E-state index is 13.0. The van der Waals surface area contributed by atoms with Crippen LogP contribution in [0.2, 0.25) is 0 Å². The molecule has 2 fully saturated rings. The average Bonchev–Trinajstić information content (AvgIpc) is 3.26. The van der Waals surface area contributed by atoms with Crippen molar-refractivity contribution in [1.29, 1.82) is 0 Å². The van der Waals surface area contributed by atoms with Gasteiger partial charge in [-0.05, 0) is 27.8 Å². The fourth-order valence-electron chi connectivity index (χ4n) is 7.14. The molecule has 10 atom stereocenters. The lowest BCUT2D eigenvalue weighted by Crippen LogP contribution is -2.66. The second kappa shape index (κ2) is 23.0. The summed E-state index contributed by atoms with van der Waals surface area (Å²) in [6.07, 6.45) is -9.98. The first kappa shape index (κ1) is 44.4. The Morgan fingerprint density at radius 3 is 1.43 bits per heavy atom. The molecule has 6 rings (SSSR count). The number of carbonyl (C=O) groups is 2. The number of azide groups is 1. The summed E-state index contributed by atoms with van der Waals surface area (Å²) in [5.41, 5.74) is 13.2. The van der Waals surface area contributed by atoms with Crippen molar-refractivity contribution in [2.75, 3.05) is 20.3 Å². The van der Waals surface area contributed by atoms with Crippen LogP contribution in [-0.4, -0.2) is 93.6 Å². The lowest BCUT2D eigenvalue weighted by Gasteiger charge is -2.49. The Labute approximate surface area is 349 Å². The summed E-state index contributed by atoms with van der Waals surface area (Å²) in [5.74, 6) is -1.27. The van der Waals surface area contributed by atoms with Crippen molar-refractivity contribution in [3.8, 4) is 0 Å². The van der Waals surface area contributed by atoms with E-state index in [1.165, 1.54) is 21.0 Å². The fourth-order valence-corrected chi connectivity index (χ4v) is 7.14. The fraction of sp³-hybridized carbons (Fsp3) is 0.422. The van der Waals surface area contributed by atoms with Crippen molar-refractivity contribution in [2.45, 2.75) is 102 Å². The SMILES string of the molecule is CO[C@H]1O[C@H](COCc2ccccc2)[C@H](O[C@H]2O[C@H](COCc3ccccc3)[C@@H](OCc3ccccc3)[C@H](OC(C)=O)[C@H]2OCc2ccccc2)[C@H](OC(C)=O)[C@H]1N=[N+]=[N-]. The van der Waals surface area contributed by atoms with Crippen molar-refractivity contribution >= 4 is 11.9 Å². The first-order valence-corrected chi connectivity index (χ1v) is 19.7. The van der Waals surface area contributed by atoms with E-state index >= 15 is 0 Å². The number of rotatable bonds is 20. The van der Waals surface area contributed by atoms with Crippen molar-refractivity contribution in [3.05, 3.63) is 154 Å². The number of ether oxygens (including phenoxy) is 10. The Balaban J connectivity index is 1.38. The van der Waals surface area contributed by atoms with Gasteiger partial charge in [0.25, 0.3) is 0 Å². The molecule has 4 aromatic carbocycles. The lowest BCUT2D eigenvalue weighted by molar-refractivity contribution is -0.357. The molecular formula is C45H51N3O12. The average molecular weight is 826 g/mol. The lowest BCUT2D eigenvalue weighted by atomic mass is 9.95. The largest absolute Gasteiger partial charge is 0.459 e. The molecule has 0 aromatic heterocycles. The van der Waals surface area contributed by atoms with E-state index in [0.717, 1.165) is 22.3 Å². The molecule has 0 radical (unpaired) electrons. The number of methoxy groups -OCH3 is 1. The zero-order valence-corrected chi connectivity index (χ0v) is 33.8. The Morgan fingerprint density at radius 1 is 0.567 bits per heavy atom. The number of benzene rings is 4. The van der Waals surface area contributed by atoms with Gasteiger partial charge in [0.1, 0.15) is 42.7 Å². The first-order valence-electron chi connectivity index (χ1n) is 19.7. The molecule has 15 nitrogen and oxygen atoms in total. The molecule has 0 unspecified atom stereocenters. The minimum atomic E-state index is -1.34. The van der Waals surface area contributed by atoms with Gasteiger partial charge in [0, 0.05) is 25.9 Å². The van der Waals surface area contributed by atoms with Crippen LogP contribution in [0.1, 0.15) is 36.1 Å². The molecule has 4 aromatic rings. The van der Waals surface area contributed by atoms with Crippen LogP contribution in [0.4, 0.5) is 0 Å². The Morgan fingerprint density at radius 2 is 0.983 bits per heavy atom. The maximum absolute atomic E-state index is 13.0. The summed E-state index contributed by atoms with van der Waals surface area (Å²) in [5, 5.41) is 3.93. The molecule has 2 aliphatic heterocycles. The zero-order chi connectivity index (χ0) is 42.1. The van der Waals surface area contributed by atoms with Crippen LogP contribution in [0.15, 0.2) is 126 Å². The molecule has 60 heavy (non-hydrogen) atoms. The maximum Gasteiger partial charge on any atom is 0.303 e. The topological polar surface area (TPSA) is 175 Å². The van der Waals surface area contributed by atoms with E-state index in [-0.39, 0.29) is 39.6 Å². The summed E-state index contributed by atoms with van der Waals surface area (Å²) < 4.78 is 63.2. The van der Waals surface area contributed by atoms with Crippen LogP contribution in [0.25, 0.3) is 10.4 Å². The van der Waals surface area contributed by atoms with Gasteiger partial charge in [0.2, 0.25) is 0 Å². The second-order valence-electron chi connectivity index (χ2n) is 14.3. The van der Waals surface area contributed by atoms with Crippen molar-refractivity contribution in [2.24, 2.45) is 5.11 Å². The molecule has 2 aliphatic rings. The van der Waals surface area contributed by atoms with Gasteiger partial charge in [-0.15, -0.1) is 0 Å². The minimum Gasteiger partial charge on any atom is -0.459 e. The predicted octanol–water partition coefficient (Wildman–Crippen LogP) is 6.61. The van der Waals surface area contributed by atoms with E-state index in [2.05, 4.69) is 10.0 Å².